The molecule has 3 N–H and O–H groups in total. The first-order valence-corrected chi connectivity index (χ1v) is 8.94. The summed E-state index contributed by atoms with van der Waals surface area (Å²) >= 11 is 0. The summed E-state index contributed by atoms with van der Waals surface area (Å²) in [5, 5.41) is 14.1. The maximum Gasteiger partial charge on any atom is 0.335 e. The van der Waals surface area contributed by atoms with E-state index in [1.807, 2.05) is 19.1 Å². The van der Waals surface area contributed by atoms with Gasteiger partial charge in [-0.15, -0.1) is 0 Å². The van der Waals surface area contributed by atoms with Crippen LogP contribution in [0.5, 0.6) is 0 Å². The van der Waals surface area contributed by atoms with Gasteiger partial charge in [-0.2, -0.15) is 0 Å². The number of carboxylic acids is 1. The number of nitrogens with one attached hydrogen (secondary N) is 2. The summed E-state index contributed by atoms with van der Waals surface area (Å²) in [7, 11) is 0. The number of para-hydroxylation sites is 1. The molecule has 0 aromatic heterocycles. The van der Waals surface area contributed by atoms with E-state index in [2.05, 4.69) is 10.6 Å². The Morgan fingerprint density at radius 2 is 1.79 bits per heavy atom. The maximum absolute atomic E-state index is 12.5. The minimum Gasteiger partial charge on any atom is -0.478 e. The number of carboxylic acid groups (broad SMARTS) is 1. The van der Waals surface area contributed by atoms with Crippen LogP contribution < -0.4 is 10.6 Å². The summed E-state index contributed by atoms with van der Waals surface area (Å²) in [6.07, 6.45) is 2.16. The number of urea groups is 1. The van der Waals surface area contributed by atoms with Gasteiger partial charge in [0, 0.05) is 5.69 Å². The molecule has 0 spiro atoms. The first-order chi connectivity index (χ1) is 13.9. The number of carbonyl (C=O) groups is 4. The quantitative estimate of drug-likeness (QED) is 0.515. The van der Waals surface area contributed by atoms with E-state index < -0.39 is 30.4 Å². The Hall–Kier alpha value is -3.94. The molecule has 1 aliphatic heterocycles. The molecule has 8 heteroatoms. The largest absolute Gasteiger partial charge is 0.478 e. The van der Waals surface area contributed by atoms with E-state index >= 15 is 0 Å². The average Bonchev–Trinajstić information content (AvgIpc) is 2.96. The normalized spacial score (nSPS) is 14.8. The van der Waals surface area contributed by atoms with Crippen molar-refractivity contribution in [1.29, 1.82) is 0 Å². The highest BCUT2D eigenvalue weighted by Gasteiger charge is 2.34. The van der Waals surface area contributed by atoms with Crippen LogP contribution in [0.4, 0.5) is 10.5 Å². The third-order valence-electron chi connectivity index (χ3n) is 4.41. The predicted molar refractivity (Wildman–Crippen MR) is 106 cm³/mol. The van der Waals surface area contributed by atoms with Gasteiger partial charge >= 0.3 is 12.0 Å². The first-order valence-electron chi connectivity index (χ1n) is 8.94. The number of benzene rings is 2. The van der Waals surface area contributed by atoms with Crippen LogP contribution >= 0.6 is 0 Å². The van der Waals surface area contributed by atoms with Gasteiger partial charge in [0.1, 0.15) is 12.2 Å². The molecule has 29 heavy (non-hydrogen) atoms. The SMILES string of the molecule is CCc1ccccc1NC(=O)CN1C(=O)N/C(=C/c2ccc(C(=O)O)cc2)C1=O. The molecule has 3 rings (SSSR count). The van der Waals surface area contributed by atoms with Crippen molar-refractivity contribution < 1.29 is 24.3 Å². The monoisotopic (exact) mass is 393 g/mol. The number of nitrogens with zero attached hydrogens (tertiary/aromatic N) is 1. The molecule has 4 amide bonds. The number of rotatable bonds is 6. The lowest BCUT2D eigenvalue weighted by Gasteiger charge is -2.13. The number of anilines is 1. The number of hydrogen-bond donors (Lipinski definition) is 3. The third kappa shape index (κ3) is 4.49. The summed E-state index contributed by atoms with van der Waals surface area (Å²) in [5.41, 5.74) is 2.26. The summed E-state index contributed by atoms with van der Waals surface area (Å²) in [6, 6.07) is 12.4. The highest BCUT2D eigenvalue weighted by atomic mass is 16.4. The van der Waals surface area contributed by atoms with E-state index in [4.69, 9.17) is 5.11 Å². The zero-order chi connectivity index (χ0) is 21.0. The number of imide groups is 1. The topological polar surface area (TPSA) is 116 Å². The van der Waals surface area contributed by atoms with E-state index in [0.29, 0.717) is 11.3 Å². The fraction of sp³-hybridized carbons (Fsp3) is 0.143. The van der Waals surface area contributed by atoms with E-state index in [0.717, 1.165) is 16.9 Å². The van der Waals surface area contributed by atoms with Gasteiger partial charge in [0.2, 0.25) is 5.91 Å². The molecule has 8 nitrogen and oxygen atoms in total. The average molecular weight is 393 g/mol. The molecule has 0 unspecified atom stereocenters. The molecule has 0 aliphatic carbocycles. The third-order valence-corrected chi connectivity index (χ3v) is 4.41. The molecule has 1 heterocycles. The summed E-state index contributed by atoms with van der Waals surface area (Å²) in [5.74, 6) is -2.17. The molecule has 0 saturated carbocycles. The molecule has 0 radical (unpaired) electrons. The Morgan fingerprint density at radius 1 is 1.10 bits per heavy atom. The highest BCUT2D eigenvalue weighted by Crippen LogP contribution is 2.17. The fourth-order valence-corrected chi connectivity index (χ4v) is 2.89. The van der Waals surface area contributed by atoms with Gasteiger partial charge in [0.05, 0.1) is 5.56 Å². The van der Waals surface area contributed by atoms with Crippen molar-refractivity contribution in [3.63, 3.8) is 0 Å². The molecule has 0 atom stereocenters. The number of aromatic carboxylic acids is 1. The minimum absolute atomic E-state index is 0.0137. The lowest BCUT2D eigenvalue weighted by atomic mass is 10.1. The molecule has 2 aromatic carbocycles. The second kappa shape index (κ2) is 8.39. The highest BCUT2D eigenvalue weighted by molar-refractivity contribution is 6.16. The molecule has 1 saturated heterocycles. The number of carbonyl (C=O) groups excluding carboxylic acids is 3. The van der Waals surface area contributed by atoms with Crippen molar-refractivity contribution in [1.82, 2.24) is 10.2 Å². The van der Waals surface area contributed by atoms with Crippen LogP contribution in [-0.4, -0.2) is 40.4 Å². The lowest BCUT2D eigenvalue weighted by molar-refractivity contribution is -0.127. The number of hydrogen-bond acceptors (Lipinski definition) is 4. The van der Waals surface area contributed by atoms with Crippen molar-refractivity contribution in [3.05, 3.63) is 70.9 Å². The predicted octanol–water partition coefficient (Wildman–Crippen LogP) is 2.48. The van der Waals surface area contributed by atoms with Crippen LogP contribution in [0.25, 0.3) is 6.08 Å². The fourth-order valence-electron chi connectivity index (χ4n) is 2.89. The van der Waals surface area contributed by atoms with E-state index in [-0.39, 0.29) is 11.3 Å². The molecular weight excluding hydrogens is 374 g/mol. The maximum atomic E-state index is 12.5. The second-order valence-electron chi connectivity index (χ2n) is 6.37. The van der Waals surface area contributed by atoms with E-state index in [1.165, 1.54) is 30.3 Å². The van der Waals surface area contributed by atoms with Crippen molar-refractivity contribution in [2.75, 3.05) is 11.9 Å². The molecule has 148 valence electrons. The molecule has 1 aliphatic rings. The van der Waals surface area contributed by atoms with Crippen LogP contribution in [0.2, 0.25) is 0 Å². The summed E-state index contributed by atoms with van der Waals surface area (Å²) in [6.45, 7) is 1.54. The zero-order valence-corrected chi connectivity index (χ0v) is 15.6. The van der Waals surface area contributed by atoms with Crippen LogP contribution in [0.3, 0.4) is 0 Å². The summed E-state index contributed by atoms with van der Waals surface area (Å²) < 4.78 is 0. The molecule has 2 aromatic rings. The van der Waals surface area contributed by atoms with Crippen LogP contribution in [-0.2, 0) is 16.0 Å². The van der Waals surface area contributed by atoms with Gasteiger partial charge in [-0.1, -0.05) is 37.3 Å². The smallest absolute Gasteiger partial charge is 0.335 e. The Bertz CT molecular complexity index is 1010. The summed E-state index contributed by atoms with van der Waals surface area (Å²) in [4.78, 5) is 48.7. The van der Waals surface area contributed by atoms with Crippen molar-refractivity contribution >= 4 is 35.6 Å². The molecule has 0 bridgehead atoms. The van der Waals surface area contributed by atoms with Gasteiger partial charge in [-0.3, -0.25) is 9.59 Å². The Labute approximate surface area is 166 Å². The van der Waals surface area contributed by atoms with Gasteiger partial charge in [-0.05, 0) is 41.8 Å². The minimum atomic E-state index is -1.06. The number of aryl methyl sites for hydroxylation is 1. The van der Waals surface area contributed by atoms with Crippen molar-refractivity contribution in [2.24, 2.45) is 0 Å². The standard InChI is InChI=1S/C21H19N3O5/c1-2-14-5-3-4-6-16(14)22-18(25)12-24-19(26)17(23-21(24)29)11-13-7-9-15(10-8-13)20(27)28/h3-11H,2,12H2,1H3,(H,22,25)(H,23,29)(H,27,28)/b17-11+. The van der Waals surface area contributed by atoms with Gasteiger partial charge in [0.15, 0.2) is 0 Å². The zero-order valence-electron chi connectivity index (χ0n) is 15.6. The van der Waals surface area contributed by atoms with E-state index in [9.17, 15) is 19.2 Å². The Balaban J connectivity index is 1.70. The van der Waals surface area contributed by atoms with Crippen LogP contribution in [0, 0.1) is 0 Å². The van der Waals surface area contributed by atoms with Gasteiger partial charge in [0.25, 0.3) is 5.91 Å². The number of amides is 4. The van der Waals surface area contributed by atoms with Crippen LogP contribution in [0.1, 0.15) is 28.4 Å². The molecular formula is C21H19N3O5. The Kier molecular flexibility index (Phi) is 5.73. The molecule has 1 fully saturated rings. The van der Waals surface area contributed by atoms with Crippen molar-refractivity contribution in [2.45, 2.75) is 13.3 Å². The lowest BCUT2D eigenvalue weighted by Crippen LogP contribution is -2.38. The van der Waals surface area contributed by atoms with E-state index in [1.54, 1.807) is 12.1 Å². The first kappa shape index (κ1) is 19.8. The van der Waals surface area contributed by atoms with Gasteiger partial charge < -0.3 is 15.7 Å². The second-order valence-corrected chi connectivity index (χ2v) is 6.37. The van der Waals surface area contributed by atoms with Crippen molar-refractivity contribution in [3.8, 4) is 0 Å². The van der Waals surface area contributed by atoms with Crippen LogP contribution in [0.15, 0.2) is 54.2 Å². The Morgan fingerprint density at radius 3 is 2.45 bits per heavy atom. The van der Waals surface area contributed by atoms with Gasteiger partial charge in [-0.25, -0.2) is 14.5 Å².